The zero-order chi connectivity index (χ0) is 23.4. The van der Waals surface area contributed by atoms with Crippen molar-refractivity contribution < 1.29 is 14.3 Å². The number of nitrogens with one attached hydrogen (secondary N) is 1. The Hall–Kier alpha value is -2.65. The topological polar surface area (TPSA) is 86.1 Å². The zero-order valence-electron chi connectivity index (χ0n) is 19.1. The third-order valence-corrected chi connectivity index (χ3v) is 8.00. The summed E-state index contributed by atoms with van der Waals surface area (Å²) < 4.78 is 7.04. The number of nitrogens with zero attached hydrogens (tertiary/aromatic N) is 3. The first-order valence-electron chi connectivity index (χ1n) is 11.1. The van der Waals surface area contributed by atoms with Crippen LogP contribution in [0.1, 0.15) is 59.1 Å². The molecule has 1 aliphatic rings. The van der Waals surface area contributed by atoms with Gasteiger partial charge in [0.15, 0.2) is 5.16 Å². The fourth-order valence-corrected chi connectivity index (χ4v) is 6.14. The van der Waals surface area contributed by atoms with Gasteiger partial charge in [0.05, 0.1) is 12.9 Å². The highest BCUT2D eigenvalue weighted by Crippen LogP contribution is 2.40. The maximum atomic E-state index is 12.8. The number of aryl methyl sites for hydroxylation is 1. The Morgan fingerprint density at radius 2 is 1.91 bits per heavy atom. The SMILES string of the molecule is COC(=O)c1c(NC(=O)CSc2nnc(C3CCCCC3)n2C)sc(C)c1-c1ccccc1. The van der Waals surface area contributed by atoms with Crippen LogP contribution in [0.2, 0.25) is 0 Å². The minimum Gasteiger partial charge on any atom is -0.465 e. The second-order valence-electron chi connectivity index (χ2n) is 8.17. The highest BCUT2D eigenvalue weighted by atomic mass is 32.2. The number of thiophene rings is 1. The minimum absolute atomic E-state index is 0.175. The quantitative estimate of drug-likeness (QED) is 0.356. The molecule has 1 aromatic carbocycles. The first-order chi connectivity index (χ1) is 16.0. The average Bonchev–Trinajstić information content (AvgIpc) is 3.37. The summed E-state index contributed by atoms with van der Waals surface area (Å²) in [6.07, 6.45) is 6.05. The Balaban J connectivity index is 1.48. The monoisotopic (exact) mass is 484 g/mol. The van der Waals surface area contributed by atoms with Crippen molar-refractivity contribution in [3.63, 3.8) is 0 Å². The predicted octanol–water partition coefficient (Wildman–Crippen LogP) is 5.42. The molecule has 174 valence electrons. The standard InChI is InChI=1S/C24H28N4O3S2/c1-15-19(16-10-6-4-7-11-16)20(23(30)31-3)22(33-15)25-18(29)14-32-24-27-26-21(28(24)2)17-12-8-5-9-13-17/h4,6-7,10-11,17H,5,8-9,12-14H2,1-3H3,(H,25,29). The van der Waals surface area contributed by atoms with Gasteiger partial charge in [-0.2, -0.15) is 0 Å². The molecule has 0 atom stereocenters. The van der Waals surface area contributed by atoms with E-state index in [0.29, 0.717) is 16.5 Å². The van der Waals surface area contributed by atoms with Crippen molar-refractivity contribution in [2.45, 2.75) is 50.1 Å². The Kier molecular flexibility index (Phi) is 7.49. The van der Waals surface area contributed by atoms with E-state index >= 15 is 0 Å². The third kappa shape index (κ3) is 5.14. The van der Waals surface area contributed by atoms with Gasteiger partial charge in [0.25, 0.3) is 0 Å². The highest BCUT2D eigenvalue weighted by molar-refractivity contribution is 7.99. The number of amides is 1. The molecule has 0 unspecified atom stereocenters. The van der Waals surface area contributed by atoms with Gasteiger partial charge in [-0.05, 0) is 25.3 Å². The van der Waals surface area contributed by atoms with E-state index in [4.69, 9.17) is 4.74 Å². The van der Waals surface area contributed by atoms with Crippen LogP contribution in [0.15, 0.2) is 35.5 Å². The number of benzene rings is 1. The first kappa shape index (κ1) is 23.5. The molecular formula is C24H28N4O3S2. The number of rotatable bonds is 7. The van der Waals surface area contributed by atoms with Gasteiger partial charge in [0.2, 0.25) is 5.91 Å². The van der Waals surface area contributed by atoms with E-state index in [1.807, 2.05) is 48.9 Å². The van der Waals surface area contributed by atoms with Crippen LogP contribution in [0.4, 0.5) is 5.00 Å². The van der Waals surface area contributed by atoms with E-state index in [2.05, 4.69) is 15.5 Å². The number of hydrogen-bond donors (Lipinski definition) is 1. The molecule has 33 heavy (non-hydrogen) atoms. The lowest BCUT2D eigenvalue weighted by molar-refractivity contribution is -0.113. The summed E-state index contributed by atoms with van der Waals surface area (Å²) in [4.78, 5) is 26.3. The van der Waals surface area contributed by atoms with E-state index in [0.717, 1.165) is 39.8 Å². The number of hydrogen-bond acceptors (Lipinski definition) is 7. The Labute approximate surface area is 201 Å². The van der Waals surface area contributed by atoms with Crippen molar-refractivity contribution in [1.29, 1.82) is 0 Å². The largest absolute Gasteiger partial charge is 0.465 e. The van der Waals surface area contributed by atoms with Crippen LogP contribution in [0, 0.1) is 6.92 Å². The number of carbonyl (C=O) groups excluding carboxylic acids is 2. The molecule has 1 amide bonds. The van der Waals surface area contributed by atoms with Gasteiger partial charge < -0.3 is 14.6 Å². The molecule has 1 fully saturated rings. The van der Waals surface area contributed by atoms with Crippen LogP contribution >= 0.6 is 23.1 Å². The number of carbonyl (C=O) groups is 2. The van der Waals surface area contributed by atoms with Gasteiger partial charge in [0, 0.05) is 23.4 Å². The molecule has 7 nitrogen and oxygen atoms in total. The summed E-state index contributed by atoms with van der Waals surface area (Å²) in [5, 5.41) is 12.9. The van der Waals surface area contributed by atoms with E-state index in [9.17, 15) is 9.59 Å². The second-order valence-corrected chi connectivity index (χ2v) is 10.3. The summed E-state index contributed by atoms with van der Waals surface area (Å²) in [5.74, 6) is 0.967. The Morgan fingerprint density at radius 3 is 2.61 bits per heavy atom. The molecule has 1 aliphatic carbocycles. The van der Waals surface area contributed by atoms with Crippen LogP contribution in [0.25, 0.3) is 11.1 Å². The summed E-state index contributed by atoms with van der Waals surface area (Å²) in [6, 6.07) is 9.66. The van der Waals surface area contributed by atoms with Crippen molar-refractivity contribution >= 4 is 40.0 Å². The summed E-state index contributed by atoms with van der Waals surface area (Å²) in [7, 11) is 3.32. The number of thioether (sulfide) groups is 1. The van der Waals surface area contributed by atoms with Crippen molar-refractivity contribution in [2.75, 3.05) is 18.2 Å². The van der Waals surface area contributed by atoms with Crippen molar-refractivity contribution in [3.05, 3.63) is 46.6 Å². The number of anilines is 1. The summed E-state index contributed by atoms with van der Waals surface area (Å²) in [6.45, 7) is 1.94. The molecule has 1 N–H and O–H groups in total. The first-order valence-corrected chi connectivity index (χ1v) is 12.9. The number of aromatic nitrogens is 3. The highest BCUT2D eigenvalue weighted by Gasteiger charge is 2.26. The van der Waals surface area contributed by atoms with Crippen LogP contribution in [0.5, 0.6) is 0 Å². The van der Waals surface area contributed by atoms with Gasteiger partial charge in [0.1, 0.15) is 16.4 Å². The van der Waals surface area contributed by atoms with Crippen LogP contribution in [-0.2, 0) is 16.6 Å². The Morgan fingerprint density at radius 1 is 1.18 bits per heavy atom. The molecule has 0 radical (unpaired) electrons. The molecule has 0 spiro atoms. The Bertz CT molecular complexity index is 1130. The molecular weight excluding hydrogens is 456 g/mol. The van der Waals surface area contributed by atoms with Gasteiger partial charge in [-0.3, -0.25) is 4.79 Å². The van der Waals surface area contributed by atoms with Crippen LogP contribution in [-0.4, -0.2) is 39.5 Å². The molecule has 0 bridgehead atoms. The minimum atomic E-state index is -0.466. The lowest BCUT2D eigenvalue weighted by Crippen LogP contribution is -2.16. The molecule has 1 saturated carbocycles. The molecule has 3 aromatic rings. The predicted molar refractivity (Wildman–Crippen MR) is 132 cm³/mol. The fraction of sp³-hybridized carbons (Fsp3) is 0.417. The smallest absolute Gasteiger partial charge is 0.341 e. The number of ether oxygens (including phenoxy) is 1. The van der Waals surface area contributed by atoms with E-state index < -0.39 is 5.97 Å². The normalized spacial score (nSPS) is 14.3. The molecule has 9 heteroatoms. The maximum absolute atomic E-state index is 12.8. The molecule has 4 rings (SSSR count). The lowest BCUT2D eigenvalue weighted by atomic mass is 9.89. The van der Waals surface area contributed by atoms with Gasteiger partial charge in [-0.15, -0.1) is 21.5 Å². The number of methoxy groups -OCH3 is 1. The third-order valence-electron chi connectivity index (χ3n) is 5.96. The zero-order valence-corrected chi connectivity index (χ0v) is 20.7. The second kappa shape index (κ2) is 10.5. The van der Waals surface area contributed by atoms with Gasteiger partial charge in [-0.1, -0.05) is 61.4 Å². The molecule has 0 aliphatic heterocycles. The van der Waals surface area contributed by atoms with E-state index in [1.54, 1.807) is 0 Å². The molecule has 2 aromatic heterocycles. The molecule has 2 heterocycles. The molecule has 0 saturated heterocycles. The fourth-order valence-electron chi connectivity index (χ4n) is 4.34. The summed E-state index contributed by atoms with van der Waals surface area (Å²) in [5.41, 5.74) is 2.10. The van der Waals surface area contributed by atoms with Gasteiger partial charge in [-0.25, -0.2) is 4.79 Å². The lowest BCUT2D eigenvalue weighted by Gasteiger charge is -2.20. The average molecular weight is 485 g/mol. The van der Waals surface area contributed by atoms with Crippen molar-refractivity contribution in [2.24, 2.45) is 7.05 Å². The van der Waals surface area contributed by atoms with Gasteiger partial charge >= 0.3 is 5.97 Å². The summed E-state index contributed by atoms with van der Waals surface area (Å²) >= 11 is 2.73. The van der Waals surface area contributed by atoms with Crippen LogP contribution in [0.3, 0.4) is 0 Å². The van der Waals surface area contributed by atoms with Crippen LogP contribution < -0.4 is 5.32 Å². The van der Waals surface area contributed by atoms with Crippen molar-refractivity contribution in [1.82, 2.24) is 14.8 Å². The van der Waals surface area contributed by atoms with E-state index in [-0.39, 0.29) is 11.7 Å². The maximum Gasteiger partial charge on any atom is 0.341 e. The van der Waals surface area contributed by atoms with E-state index in [1.165, 1.54) is 49.5 Å². The van der Waals surface area contributed by atoms with Crippen molar-refractivity contribution in [3.8, 4) is 11.1 Å². The number of esters is 1.